The van der Waals surface area contributed by atoms with Gasteiger partial charge in [0.2, 0.25) is 0 Å². The van der Waals surface area contributed by atoms with Gasteiger partial charge in [0.1, 0.15) is 0 Å². The van der Waals surface area contributed by atoms with E-state index >= 15 is 0 Å². The molecular weight excluding hydrogens is 150 g/mol. The average molecular weight is 167 g/mol. The highest BCUT2D eigenvalue weighted by atomic mass is 16.2. The van der Waals surface area contributed by atoms with Crippen LogP contribution in [0.3, 0.4) is 0 Å². The molecule has 0 radical (unpaired) electrons. The van der Waals surface area contributed by atoms with Gasteiger partial charge in [-0.3, -0.25) is 4.98 Å². The van der Waals surface area contributed by atoms with E-state index in [1.807, 2.05) is 18.2 Å². The summed E-state index contributed by atoms with van der Waals surface area (Å²) in [5.41, 5.74) is 0. The van der Waals surface area contributed by atoms with Crippen LogP contribution < -0.4 is 0 Å². The number of nitrogens with zero attached hydrogens (tertiary/aromatic N) is 1. The third kappa shape index (κ3) is 9.11. The van der Waals surface area contributed by atoms with Gasteiger partial charge in [0.15, 0.2) is 0 Å². The number of hydrogen-bond donors (Lipinski definition) is 1. The molecule has 0 aliphatic heterocycles. The quantitative estimate of drug-likeness (QED) is 0.700. The lowest BCUT2D eigenvalue weighted by atomic mass is 10.3. The Kier molecular flexibility index (Phi) is 9.36. The van der Waals surface area contributed by atoms with Crippen molar-refractivity contribution in [3.05, 3.63) is 30.6 Å². The SMILES string of the molecule is CCCCCO.c1ccncc1. The Morgan fingerprint density at radius 1 is 1.08 bits per heavy atom. The standard InChI is InChI=1S/C5H5N.C5H12O/c1-2-4-6-5-3-1;1-2-3-4-5-6/h1-5H;6H,2-5H2,1H3. The summed E-state index contributed by atoms with van der Waals surface area (Å²) in [6, 6.07) is 5.72. The fraction of sp³-hybridized carbons (Fsp3) is 0.500. The number of aliphatic hydroxyl groups is 1. The second kappa shape index (κ2) is 10.1. The van der Waals surface area contributed by atoms with Gasteiger partial charge in [-0.2, -0.15) is 0 Å². The Balaban J connectivity index is 0.000000202. The zero-order chi connectivity index (χ0) is 9.07. The van der Waals surface area contributed by atoms with Gasteiger partial charge in [0.25, 0.3) is 0 Å². The van der Waals surface area contributed by atoms with Gasteiger partial charge in [0.05, 0.1) is 0 Å². The van der Waals surface area contributed by atoms with Crippen LogP contribution in [0.4, 0.5) is 0 Å². The van der Waals surface area contributed by atoms with Crippen molar-refractivity contribution in [1.82, 2.24) is 4.98 Å². The lowest BCUT2D eigenvalue weighted by Crippen LogP contribution is -1.78. The van der Waals surface area contributed by atoms with Gasteiger partial charge in [-0.25, -0.2) is 0 Å². The van der Waals surface area contributed by atoms with Gasteiger partial charge in [-0.1, -0.05) is 25.8 Å². The molecule has 68 valence electrons. The van der Waals surface area contributed by atoms with Crippen molar-refractivity contribution in [2.75, 3.05) is 6.61 Å². The summed E-state index contributed by atoms with van der Waals surface area (Å²) in [5, 5.41) is 8.20. The maximum Gasteiger partial charge on any atom is 0.0431 e. The minimum Gasteiger partial charge on any atom is -0.396 e. The molecule has 0 aliphatic carbocycles. The van der Waals surface area contributed by atoms with Crippen molar-refractivity contribution in [1.29, 1.82) is 0 Å². The molecule has 2 heteroatoms. The van der Waals surface area contributed by atoms with E-state index in [1.165, 1.54) is 6.42 Å². The summed E-state index contributed by atoms with van der Waals surface area (Å²) in [4.78, 5) is 3.78. The zero-order valence-electron chi connectivity index (χ0n) is 7.61. The number of hydrogen-bond acceptors (Lipinski definition) is 2. The minimum atomic E-state index is 0.355. The van der Waals surface area contributed by atoms with Crippen LogP contribution in [0.5, 0.6) is 0 Å². The molecule has 0 aromatic carbocycles. The molecule has 0 atom stereocenters. The number of aliphatic hydroxyl groups excluding tert-OH is 1. The summed E-state index contributed by atoms with van der Waals surface area (Å²) in [7, 11) is 0. The second-order valence-electron chi connectivity index (χ2n) is 2.46. The van der Waals surface area contributed by atoms with Crippen LogP contribution in [0.25, 0.3) is 0 Å². The lowest BCUT2D eigenvalue weighted by molar-refractivity contribution is 0.284. The summed E-state index contributed by atoms with van der Waals surface area (Å²) in [6.07, 6.45) is 6.83. The second-order valence-corrected chi connectivity index (χ2v) is 2.46. The normalized spacial score (nSPS) is 8.50. The van der Waals surface area contributed by atoms with Gasteiger partial charge in [0, 0.05) is 19.0 Å². The van der Waals surface area contributed by atoms with E-state index in [0.29, 0.717) is 6.61 Å². The molecule has 12 heavy (non-hydrogen) atoms. The molecule has 0 saturated carbocycles. The van der Waals surface area contributed by atoms with Gasteiger partial charge < -0.3 is 5.11 Å². The fourth-order valence-electron chi connectivity index (χ4n) is 0.674. The van der Waals surface area contributed by atoms with Crippen LogP contribution in [-0.2, 0) is 0 Å². The highest BCUT2D eigenvalue weighted by molar-refractivity contribution is 4.88. The molecule has 0 bridgehead atoms. The van der Waals surface area contributed by atoms with E-state index in [0.717, 1.165) is 12.8 Å². The largest absolute Gasteiger partial charge is 0.396 e. The number of rotatable bonds is 3. The lowest BCUT2D eigenvalue weighted by Gasteiger charge is -1.85. The van der Waals surface area contributed by atoms with Crippen LogP contribution in [0, 0.1) is 0 Å². The summed E-state index contributed by atoms with van der Waals surface area (Å²) >= 11 is 0. The Hall–Kier alpha value is -0.890. The maximum atomic E-state index is 8.20. The number of aromatic nitrogens is 1. The predicted octanol–water partition coefficient (Wildman–Crippen LogP) is 2.25. The molecule has 1 aromatic rings. The van der Waals surface area contributed by atoms with E-state index in [9.17, 15) is 0 Å². The van der Waals surface area contributed by atoms with Crippen molar-refractivity contribution in [2.45, 2.75) is 26.2 Å². The first-order chi connectivity index (χ1) is 5.91. The van der Waals surface area contributed by atoms with Crippen LogP contribution in [0.15, 0.2) is 30.6 Å². The Morgan fingerprint density at radius 2 is 1.75 bits per heavy atom. The van der Waals surface area contributed by atoms with Crippen LogP contribution >= 0.6 is 0 Å². The molecule has 2 nitrogen and oxygen atoms in total. The van der Waals surface area contributed by atoms with Crippen LogP contribution in [0.1, 0.15) is 26.2 Å². The molecule has 0 unspecified atom stereocenters. The molecule has 0 amide bonds. The summed E-state index contributed by atoms with van der Waals surface area (Å²) in [6.45, 7) is 2.48. The zero-order valence-corrected chi connectivity index (χ0v) is 7.61. The average Bonchev–Trinajstić information content (AvgIpc) is 2.18. The van der Waals surface area contributed by atoms with Crippen molar-refractivity contribution < 1.29 is 5.11 Å². The Bertz CT molecular complexity index is 122. The topological polar surface area (TPSA) is 33.1 Å². The van der Waals surface area contributed by atoms with E-state index in [-0.39, 0.29) is 0 Å². The van der Waals surface area contributed by atoms with Crippen molar-refractivity contribution in [3.63, 3.8) is 0 Å². The number of unbranched alkanes of at least 4 members (excludes halogenated alkanes) is 2. The van der Waals surface area contributed by atoms with Crippen molar-refractivity contribution in [2.24, 2.45) is 0 Å². The third-order valence-electron chi connectivity index (χ3n) is 1.33. The molecule has 0 spiro atoms. The Labute approximate surface area is 74.3 Å². The molecule has 1 heterocycles. The van der Waals surface area contributed by atoms with Crippen LogP contribution in [0.2, 0.25) is 0 Å². The van der Waals surface area contributed by atoms with E-state index < -0.39 is 0 Å². The highest BCUT2D eigenvalue weighted by Gasteiger charge is 1.76. The van der Waals surface area contributed by atoms with E-state index in [4.69, 9.17) is 5.11 Å². The molecule has 0 fully saturated rings. The van der Waals surface area contributed by atoms with E-state index in [1.54, 1.807) is 12.4 Å². The fourth-order valence-corrected chi connectivity index (χ4v) is 0.674. The first-order valence-electron chi connectivity index (χ1n) is 4.37. The Morgan fingerprint density at radius 3 is 1.92 bits per heavy atom. The van der Waals surface area contributed by atoms with Gasteiger partial charge in [-0.05, 0) is 18.6 Å². The summed E-state index contributed by atoms with van der Waals surface area (Å²) < 4.78 is 0. The molecule has 1 rings (SSSR count). The first-order valence-corrected chi connectivity index (χ1v) is 4.37. The van der Waals surface area contributed by atoms with Crippen molar-refractivity contribution in [3.8, 4) is 0 Å². The minimum absolute atomic E-state index is 0.355. The van der Waals surface area contributed by atoms with Gasteiger partial charge in [-0.15, -0.1) is 0 Å². The van der Waals surface area contributed by atoms with E-state index in [2.05, 4.69) is 11.9 Å². The molecular formula is C10H17NO. The molecule has 0 saturated heterocycles. The summed E-state index contributed by atoms with van der Waals surface area (Å²) in [5.74, 6) is 0. The predicted molar refractivity (Wildman–Crippen MR) is 50.8 cm³/mol. The van der Waals surface area contributed by atoms with Crippen molar-refractivity contribution >= 4 is 0 Å². The molecule has 0 aliphatic rings. The highest BCUT2D eigenvalue weighted by Crippen LogP contribution is 1.89. The molecule has 1 aromatic heterocycles. The number of pyridine rings is 1. The van der Waals surface area contributed by atoms with Gasteiger partial charge >= 0.3 is 0 Å². The molecule has 1 N–H and O–H groups in total. The maximum absolute atomic E-state index is 8.20. The monoisotopic (exact) mass is 167 g/mol. The third-order valence-corrected chi connectivity index (χ3v) is 1.33. The smallest absolute Gasteiger partial charge is 0.0431 e. The first kappa shape index (κ1) is 11.1. The van der Waals surface area contributed by atoms with Crippen LogP contribution in [-0.4, -0.2) is 16.7 Å².